The van der Waals surface area contributed by atoms with Crippen molar-refractivity contribution < 1.29 is 10.2 Å². The second-order valence-electron chi connectivity index (χ2n) is 28.0. The molecule has 3 nitrogen and oxygen atoms in total. The number of hydrogen-bond acceptors (Lipinski definition) is 3. The van der Waals surface area contributed by atoms with Gasteiger partial charge in [-0.2, -0.15) is 0 Å². The van der Waals surface area contributed by atoms with Crippen molar-refractivity contribution in [2.45, 2.75) is 181 Å². The highest BCUT2D eigenvalue weighted by atomic mass is 16.3. The molecule has 0 radical (unpaired) electrons. The molecule has 1 heterocycles. The fourth-order valence-corrected chi connectivity index (χ4v) is 17.6. The normalized spacial score (nSPS) is 28.7. The second kappa shape index (κ2) is 16.1. The number of phenolic OH excluding ortho intramolecular Hbond substituents is 2. The van der Waals surface area contributed by atoms with Crippen LogP contribution in [0, 0.1) is 46.3 Å². The Kier molecular flexibility index (Phi) is 10.9. The highest BCUT2D eigenvalue weighted by Gasteiger charge is 2.54. The minimum absolute atomic E-state index is 0.0403. The number of aromatic hydroxyl groups is 2. The maximum Gasteiger partial charge on any atom is 0.127 e. The molecular weight excluding hydrogens is 827 g/mol. The van der Waals surface area contributed by atoms with Gasteiger partial charge < -0.3 is 10.2 Å². The SMILES string of the molecule is CC(C)(C)CC(C)(C)c1cc(-c2ccccc2-c2cccc(-c3ccccc3-c3cc(C(C)(C)CC(C)(C)C)cc(C45CC6CC(CC(C6)C4)C5)c3O)n2)c(O)c(C23CC4CC(CC(C4)C2)C3)c1. The van der Waals surface area contributed by atoms with Crippen molar-refractivity contribution in [3.8, 4) is 56.3 Å². The van der Waals surface area contributed by atoms with Crippen LogP contribution in [0.25, 0.3) is 44.8 Å². The van der Waals surface area contributed by atoms with Gasteiger partial charge in [0, 0.05) is 33.4 Å². The van der Waals surface area contributed by atoms with Gasteiger partial charge >= 0.3 is 0 Å². The third kappa shape index (κ3) is 8.26. The Hall–Kier alpha value is -4.37. The van der Waals surface area contributed by atoms with E-state index >= 15 is 0 Å². The van der Waals surface area contributed by atoms with Crippen molar-refractivity contribution in [2.75, 3.05) is 0 Å². The van der Waals surface area contributed by atoms with E-state index in [1.165, 1.54) is 99.3 Å². The summed E-state index contributed by atoms with van der Waals surface area (Å²) in [6.45, 7) is 23.8. The predicted molar refractivity (Wildman–Crippen MR) is 283 cm³/mol. The van der Waals surface area contributed by atoms with Crippen LogP contribution in [0.2, 0.25) is 0 Å². The first-order chi connectivity index (χ1) is 32.1. The molecule has 0 unspecified atom stereocenters. The number of benzene rings is 4. The molecule has 358 valence electrons. The fraction of sp³-hybridized carbons (Fsp3) is 0.554. The van der Waals surface area contributed by atoms with Gasteiger partial charge in [0.1, 0.15) is 11.5 Å². The standard InChI is InChI=1S/C65H81NO2/c1-60(2,3)38-62(7,8)46-28-52(58(67)54(30-46)64-32-40-22-41(33-64)24-42(23-40)34-64)48-16-11-13-18-50(48)56-20-15-21-57(66-56)51-19-14-12-17-49(51)53-29-47(63(9,10)39-61(4,5)6)31-55(59(53)68)65-35-43-25-44(36-65)27-45(26-43)37-65/h11-21,28-31,40-45,67-68H,22-27,32-39H2,1-10H3. The highest BCUT2D eigenvalue weighted by Crippen LogP contribution is 2.65. The summed E-state index contributed by atoms with van der Waals surface area (Å²) in [5.74, 6) is 5.63. The summed E-state index contributed by atoms with van der Waals surface area (Å²) >= 11 is 0. The first-order valence-electron chi connectivity index (χ1n) is 27.0. The number of hydrogen-bond donors (Lipinski definition) is 2. The van der Waals surface area contributed by atoms with Gasteiger partial charge in [-0.15, -0.1) is 0 Å². The van der Waals surface area contributed by atoms with E-state index in [0.717, 1.165) is 93.1 Å². The number of nitrogens with zero attached hydrogens (tertiary/aromatic N) is 1. The van der Waals surface area contributed by atoms with E-state index in [2.05, 4.69) is 160 Å². The van der Waals surface area contributed by atoms with Crippen LogP contribution >= 0.6 is 0 Å². The lowest BCUT2D eigenvalue weighted by Gasteiger charge is -2.57. The second-order valence-corrected chi connectivity index (χ2v) is 28.0. The molecule has 8 saturated carbocycles. The van der Waals surface area contributed by atoms with Gasteiger partial charge in [0.05, 0.1) is 11.4 Å². The van der Waals surface area contributed by atoms with E-state index in [-0.39, 0.29) is 32.5 Å². The molecule has 8 fully saturated rings. The van der Waals surface area contributed by atoms with E-state index in [4.69, 9.17) is 4.98 Å². The minimum Gasteiger partial charge on any atom is -0.507 e. The molecule has 8 bridgehead atoms. The smallest absolute Gasteiger partial charge is 0.127 e. The van der Waals surface area contributed by atoms with E-state index in [1.807, 2.05) is 0 Å². The van der Waals surface area contributed by atoms with E-state index in [0.29, 0.717) is 11.5 Å². The third-order valence-corrected chi connectivity index (χ3v) is 18.7. The van der Waals surface area contributed by atoms with Crippen molar-refractivity contribution in [3.05, 3.63) is 113 Å². The maximum absolute atomic E-state index is 12.9. The monoisotopic (exact) mass is 908 g/mol. The van der Waals surface area contributed by atoms with Gasteiger partial charge in [-0.1, -0.05) is 136 Å². The lowest BCUT2D eigenvalue weighted by Crippen LogP contribution is -2.48. The lowest BCUT2D eigenvalue weighted by atomic mass is 9.47. The number of aromatic nitrogens is 1. The van der Waals surface area contributed by atoms with Crippen LogP contribution in [-0.2, 0) is 21.7 Å². The molecule has 4 aromatic carbocycles. The summed E-state index contributed by atoms with van der Waals surface area (Å²) in [4.78, 5) is 5.57. The van der Waals surface area contributed by atoms with Crippen LogP contribution in [0.4, 0.5) is 0 Å². The lowest BCUT2D eigenvalue weighted by molar-refractivity contribution is -0.00632. The van der Waals surface area contributed by atoms with Gasteiger partial charge in [-0.05, 0) is 204 Å². The van der Waals surface area contributed by atoms with Crippen LogP contribution in [0.15, 0.2) is 91.0 Å². The molecule has 8 aliphatic carbocycles. The van der Waals surface area contributed by atoms with E-state index in [9.17, 15) is 10.2 Å². The van der Waals surface area contributed by atoms with Crippen molar-refractivity contribution >= 4 is 0 Å². The number of rotatable bonds is 10. The van der Waals surface area contributed by atoms with E-state index < -0.39 is 0 Å². The Balaban J connectivity index is 1.04. The molecule has 68 heavy (non-hydrogen) atoms. The number of phenols is 2. The van der Waals surface area contributed by atoms with Gasteiger partial charge in [0.15, 0.2) is 0 Å². The Morgan fingerprint density at radius 3 is 1.03 bits per heavy atom. The Bertz CT molecular complexity index is 2500. The van der Waals surface area contributed by atoms with E-state index in [1.54, 1.807) is 0 Å². The summed E-state index contributed by atoms with van der Waals surface area (Å²) in [5, 5.41) is 25.8. The van der Waals surface area contributed by atoms with Crippen molar-refractivity contribution in [2.24, 2.45) is 46.3 Å². The average molecular weight is 908 g/mol. The van der Waals surface area contributed by atoms with Gasteiger partial charge in [0.25, 0.3) is 0 Å². The molecule has 1 aromatic heterocycles. The molecule has 13 rings (SSSR count). The summed E-state index contributed by atoms with van der Waals surface area (Å²) in [6, 6.07) is 33.4. The highest BCUT2D eigenvalue weighted by molar-refractivity contribution is 5.89. The van der Waals surface area contributed by atoms with Crippen molar-refractivity contribution in [3.63, 3.8) is 0 Å². The van der Waals surface area contributed by atoms with Crippen molar-refractivity contribution in [1.82, 2.24) is 4.98 Å². The topological polar surface area (TPSA) is 53.4 Å². The molecule has 0 aliphatic heterocycles. The summed E-state index contributed by atoms with van der Waals surface area (Å²) in [7, 11) is 0. The molecule has 0 spiro atoms. The van der Waals surface area contributed by atoms with Crippen LogP contribution in [-0.4, -0.2) is 15.2 Å². The molecular formula is C65H81NO2. The fourth-order valence-electron chi connectivity index (χ4n) is 17.6. The first kappa shape index (κ1) is 46.0. The average Bonchev–Trinajstić information content (AvgIpc) is 3.24. The Labute approximate surface area is 410 Å². The van der Waals surface area contributed by atoms with Crippen molar-refractivity contribution in [1.29, 1.82) is 0 Å². The zero-order valence-electron chi connectivity index (χ0n) is 43.4. The predicted octanol–water partition coefficient (Wildman–Crippen LogP) is 17.5. The Morgan fingerprint density at radius 2 is 0.721 bits per heavy atom. The Morgan fingerprint density at radius 1 is 0.412 bits per heavy atom. The van der Waals surface area contributed by atoms with Gasteiger partial charge in [0.2, 0.25) is 0 Å². The summed E-state index contributed by atoms with van der Waals surface area (Å²) in [5.41, 5.74) is 13.1. The minimum atomic E-state index is -0.0884. The molecule has 5 aromatic rings. The van der Waals surface area contributed by atoms with Gasteiger partial charge in [-0.3, -0.25) is 0 Å². The third-order valence-electron chi connectivity index (χ3n) is 18.7. The van der Waals surface area contributed by atoms with Gasteiger partial charge in [-0.25, -0.2) is 4.98 Å². The molecule has 0 amide bonds. The molecule has 0 saturated heterocycles. The molecule has 3 heteroatoms. The molecule has 2 N–H and O–H groups in total. The summed E-state index contributed by atoms with van der Waals surface area (Å²) in [6.07, 6.45) is 17.6. The first-order valence-corrected chi connectivity index (χ1v) is 27.0. The van der Waals surface area contributed by atoms with Crippen LogP contribution in [0.3, 0.4) is 0 Å². The molecule has 8 aliphatic rings. The zero-order chi connectivity index (χ0) is 47.8. The zero-order valence-corrected chi connectivity index (χ0v) is 43.4. The quantitative estimate of drug-likeness (QED) is 0.147. The van der Waals surface area contributed by atoms with Crippen LogP contribution < -0.4 is 0 Å². The van der Waals surface area contributed by atoms with Crippen LogP contribution in [0.5, 0.6) is 11.5 Å². The number of pyridine rings is 1. The maximum atomic E-state index is 12.9. The van der Waals surface area contributed by atoms with Crippen LogP contribution in [0.1, 0.15) is 181 Å². The summed E-state index contributed by atoms with van der Waals surface area (Å²) < 4.78 is 0. The largest absolute Gasteiger partial charge is 0.507 e. The molecule has 0 atom stereocenters.